The molecule has 0 spiro atoms. The summed E-state index contributed by atoms with van der Waals surface area (Å²) in [5.41, 5.74) is 0.271. The first-order chi connectivity index (χ1) is 7.63. The van der Waals surface area contributed by atoms with E-state index >= 15 is 0 Å². The highest BCUT2D eigenvalue weighted by atomic mass is 35.5. The van der Waals surface area contributed by atoms with Gasteiger partial charge in [0.15, 0.2) is 5.65 Å². The van der Waals surface area contributed by atoms with E-state index in [9.17, 15) is 4.79 Å². The lowest BCUT2D eigenvalue weighted by Crippen LogP contribution is -2.24. The fraction of sp³-hybridized carbons (Fsp3) is 0.444. The number of aromatic nitrogens is 4. The summed E-state index contributed by atoms with van der Waals surface area (Å²) in [6.07, 6.45) is 0. The summed E-state index contributed by atoms with van der Waals surface area (Å²) in [7, 11) is 1.57. The van der Waals surface area contributed by atoms with Gasteiger partial charge in [-0.05, 0) is 6.92 Å². The summed E-state index contributed by atoms with van der Waals surface area (Å²) in [4.78, 5) is 15.9. The average Bonchev–Trinajstić information content (AvgIpc) is 2.52. The molecule has 0 bridgehead atoms. The number of nitrogens with zero attached hydrogens (tertiary/aromatic N) is 4. The summed E-state index contributed by atoms with van der Waals surface area (Å²) in [6, 6.07) is 1.55. The van der Waals surface area contributed by atoms with E-state index in [-0.39, 0.29) is 5.69 Å². The van der Waals surface area contributed by atoms with E-state index in [4.69, 9.17) is 16.3 Å². The van der Waals surface area contributed by atoms with E-state index in [2.05, 4.69) is 10.1 Å². The van der Waals surface area contributed by atoms with Crippen molar-refractivity contribution in [1.82, 2.24) is 19.2 Å². The second-order valence-electron chi connectivity index (χ2n) is 3.32. The van der Waals surface area contributed by atoms with Crippen LogP contribution in [0.3, 0.4) is 0 Å². The molecule has 0 aliphatic rings. The van der Waals surface area contributed by atoms with Crippen molar-refractivity contribution in [3.63, 3.8) is 0 Å². The fourth-order valence-electron chi connectivity index (χ4n) is 1.49. The number of fused-ring (bicyclic) bond motifs is 1. The van der Waals surface area contributed by atoms with E-state index in [0.717, 1.165) is 0 Å². The normalized spacial score (nSPS) is 11.2. The Morgan fingerprint density at radius 3 is 3.00 bits per heavy atom. The molecule has 0 amide bonds. The molecule has 0 aliphatic heterocycles. The van der Waals surface area contributed by atoms with Crippen molar-refractivity contribution in [2.45, 2.75) is 13.5 Å². The van der Waals surface area contributed by atoms with Crippen LogP contribution in [0.4, 0.5) is 0 Å². The third kappa shape index (κ3) is 1.81. The van der Waals surface area contributed by atoms with Crippen LogP contribution >= 0.6 is 11.6 Å². The van der Waals surface area contributed by atoms with Crippen molar-refractivity contribution in [2.75, 3.05) is 13.7 Å². The number of hydrogen-bond acceptors (Lipinski definition) is 4. The lowest BCUT2D eigenvalue weighted by atomic mass is 10.5. The molecule has 0 saturated heterocycles. The highest BCUT2D eigenvalue weighted by molar-refractivity contribution is 6.29. The summed E-state index contributed by atoms with van der Waals surface area (Å²) < 4.78 is 7.66. The second-order valence-corrected chi connectivity index (χ2v) is 3.71. The molecular formula is C9H11ClN4O2. The quantitative estimate of drug-likeness (QED) is 0.736. The number of methoxy groups -OCH3 is 1. The molecular weight excluding hydrogens is 232 g/mol. The fourth-order valence-corrected chi connectivity index (χ4v) is 1.71. The van der Waals surface area contributed by atoms with Crippen LogP contribution in [0.5, 0.6) is 0 Å². The van der Waals surface area contributed by atoms with Crippen LogP contribution in [0, 0.1) is 6.92 Å². The first kappa shape index (κ1) is 11.1. The van der Waals surface area contributed by atoms with Gasteiger partial charge in [-0.2, -0.15) is 0 Å². The van der Waals surface area contributed by atoms with Gasteiger partial charge in [0.05, 0.1) is 13.2 Å². The van der Waals surface area contributed by atoms with E-state index in [1.807, 2.05) is 0 Å². The van der Waals surface area contributed by atoms with Gasteiger partial charge in [-0.1, -0.05) is 11.6 Å². The number of aryl methyl sites for hydroxylation is 1. The molecule has 0 radical (unpaired) electrons. The van der Waals surface area contributed by atoms with E-state index in [1.165, 1.54) is 9.08 Å². The molecule has 0 N–H and O–H groups in total. The van der Waals surface area contributed by atoms with Crippen LogP contribution in [0.15, 0.2) is 10.9 Å². The van der Waals surface area contributed by atoms with Crippen molar-refractivity contribution in [3.05, 3.63) is 27.5 Å². The molecule has 2 aromatic heterocycles. The Balaban J connectivity index is 2.59. The highest BCUT2D eigenvalue weighted by Gasteiger charge is 2.10. The van der Waals surface area contributed by atoms with Gasteiger partial charge in [0, 0.05) is 13.2 Å². The van der Waals surface area contributed by atoms with E-state index in [1.54, 1.807) is 20.1 Å². The molecule has 2 aromatic rings. The largest absolute Gasteiger partial charge is 0.383 e. The topological polar surface area (TPSA) is 61.4 Å². The molecule has 0 saturated carbocycles. The molecule has 6 nitrogen and oxygen atoms in total. The zero-order valence-electron chi connectivity index (χ0n) is 8.97. The van der Waals surface area contributed by atoms with Crippen LogP contribution in [0.1, 0.15) is 5.82 Å². The first-order valence-electron chi connectivity index (χ1n) is 4.75. The first-order valence-corrected chi connectivity index (χ1v) is 5.13. The van der Waals surface area contributed by atoms with Crippen LogP contribution in [-0.2, 0) is 11.3 Å². The minimum absolute atomic E-state index is 0.228. The molecule has 0 atom stereocenters. The molecule has 2 heterocycles. The minimum atomic E-state index is -0.228. The van der Waals surface area contributed by atoms with Crippen LogP contribution in [0.25, 0.3) is 5.65 Å². The Hall–Kier alpha value is -1.40. The van der Waals surface area contributed by atoms with Crippen LogP contribution < -0.4 is 5.69 Å². The smallest absolute Gasteiger partial charge is 0.351 e. The number of halogens is 1. The third-order valence-corrected chi connectivity index (χ3v) is 2.41. The summed E-state index contributed by atoms with van der Waals surface area (Å²) in [5, 5.41) is 4.46. The van der Waals surface area contributed by atoms with E-state index < -0.39 is 0 Å². The van der Waals surface area contributed by atoms with Crippen molar-refractivity contribution in [3.8, 4) is 0 Å². The molecule has 0 fully saturated rings. The Morgan fingerprint density at radius 1 is 1.56 bits per heavy atom. The average molecular weight is 243 g/mol. The Labute approximate surface area is 96.4 Å². The molecule has 86 valence electrons. The molecule has 0 aliphatic carbocycles. The minimum Gasteiger partial charge on any atom is -0.383 e. The molecule has 16 heavy (non-hydrogen) atoms. The maximum Gasteiger partial charge on any atom is 0.351 e. The lowest BCUT2D eigenvalue weighted by Gasteiger charge is -1.96. The Kier molecular flexibility index (Phi) is 2.93. The van der Waals surface area contributed by atoms with Crippen LogP contribution in [-0.4, -0.2) is 32.9 Å². The standard InChI is InChI=1S/C9H11ClN4O2/c1-6-11-7(10)5-8-12-13(3-4-16-2)9(15)14(6)8/h5H,3-4H2,1-2H3. The summed E-state index contributed by atoms with van der Waals surface area (Å²) >= 11 is 5.79. The van der Waals surface area contributed by atoms with Gasteiger partial charge in [0.25, 0.3) is 0 Å². The van der Waals surface area contributed by atoms with Gasteiger partial charge in [0.1, 0.15) is 11.0 Å². The third-order valence-electron chi connectivity index (χ3n) is 2.21. The van der Waals surface area contributed by atoms with Gasteiger partial charge in [-0.25, -0.2) is 18.9 Å². The number of rotatable bonds is 3. The number of hydrogen-bond donors (Lipinski definition) is 0. The van der Waals surface area contributed by atoms with Gasteiger partial charge in [0.2, 0.25) is 0 Å². The Morgan fingerprint density at radius 2 is 2.31 bits per heavy atom. The molecule has 2 rings (SSSR count). The van der Waals surface area contributed by atoms with Crippen molar-refractivity contribution in [1.29, 1.82) is 0 Å². The van der Waals surface area contributed by atoms with Gasteiger partial charge in [-0.15, -0.1) is 5.10 Å². The van der Waals surface area contributed by atoms with Gasteiger partial charge < -0.3 is 4.74 Å². The maximum absolute atomic E-state index is 11.9. The van der Waals surface area contributed by atoms with Crippen molar-refractivity contribution < 1.29 is 4.74 Å². The van der Waals surface area contributed by atoms with Crippen molar-refractivity contribution >= 4 is 17.2 Å². The molecule has 0 aromatic carbocycles. The highest BCUT2D eigenvalue weighted by Crippen LogP contribution is 2.08. The molecule has 7 heteroatoms. The SMILES string of the molecule is COCCn1nc2cc(Cl)nc(C)n2c1=O. The maximum atomic E-state index is 11.9. The zero-order valence-corrected chi connectivity index (χ0v) is 9.73. The number of ether oxygens (including phenoxy) is 1. The summed E-state index contributed by atoms with van der Waals surface area (Å²) in [6.45, 7) is 2.56. The lowest BCUT2D eigenvalue weighted by molar-refractivity contribution is 0.182. The zero-order chi connectivity index (χ0) is 11.7. The Bertz CT molecular complexity index is 575. The predicted octanol–water partition coefficient (Wildman–Crippen LogP) is 0.499. The summed E-state index contributed by atoms with van der Waals surface area (Å²) in [5.74, 6) is 0.524. The van der Waals surface area contributed by atoms with Gasteiger partial charge >= 0.3 is 5.69 Å². The monoisotopic (exact) mass is 242 g/mol. The van der Waals surface area contributed by atoms with Crippen LogP contribution in [0.2, 0.25) is 5.15 Å². The second kappa shape index (κ2) is 4.23. The van der Waals surface area contributed by atoms with Crippen molar-refractivity contribution in [2.24, 2.45) is 0 Å². The molecule has 0 unspecified atom stereocenters. The van der Waals surface area contributed by atoms with Gasteiger partial charge in [-0.3, -0.25) is 0 Å². The van der Waals surface area contributed by atoms with E-state index in [0.29, 0.717) is 29.8 Å². The predicted molar refractivity (Wildman–Crippen MR) is 58.9 cm³/mol.